The molecule has 0 saturated carbocycles. The van der Waals surface area contributed by atoms with E-state index in [4.69, 9.17) is 16.3 Å². The van der Waals surface area contributed by atoms with Crippen molar-refractivity contribution in [3.8, 4) is 5.75 Å². The average Bonchev–Trinajstić information content (AvgIpc) is 3.14. The summed E-state index contributed by atoms with van der Waals surface area (Å²) in [5, 5.41) is 4.45. The molecule has 0 radical (unpaired) electrons. The van der Waals surface area contributed by atoms with Crippen LogP contribution in [0.4, 0.5) is 5.69 Å². The first kappa shape index (κ1) is 25.2. The fraction of sp³-hybridized carbons (Fsp3) is 0.345. The number of benzene rings is 3. The van der Waals surface area contributed by atoms with Crippen LogP contribution in [0.5, 0.6) is 5.75 Å². The molecule has 0 N–H and O–H groups in total. The van der Waals surface area contributed by atoms with Gasteiger partial charge >= 0.3 is 0 Å². The number of methoxy groups -OCH3 is 1. The van der Waals surface area contributed by atoms with Gasteiger partial charge in [-0.2, -0.15) is 0 Å². The molecule has 1 aliphatic heterocycles. The lowest BCUT2D eigenvalue weighted by Crippen LogP contribution is -2.49. The van der Waals surface area contributed by atoms with Crippen molar-refractivity contribution in [2.24, 2.45) is 0 Å². The minimum atomic E-state index is -0.751. The van der Waals surface area contributed by atoms with Gasteiger partial charge in [-0.3, -0.25) is 4.79 Å². The zero-order valence-corrected chi connectivity index (χ0v) is 21.8. The number of halogens is 1. The van der Waals surface area contributed by atoms with Crippen LogP contribution in [0, 0.1) is 0 Å². The van der Waals surface area contributed by atoms with E-state index < -0.39 is 5.41 Å². The Morgan fingerprint density at radius 2 is 1.66 bits per heavy atom. The summed E-state index contributed by atoms with van der Waals surface area (Å²) >= 11 is 6.18. The molecule has 0 saturated heterocycles. The Kier molecular flexibility index (Phi) is 7.80. The van der Waals surface area contributed by atoms with E-state index in [-0.39, 0.29) is 5.91 Å². The highest BCUT2D eigenvalue weighted by Crippen LogP contribution is 2.49. The Balaban J connectivity index is 1.78. The molecular weight excluding hydrogens is 458 g/mol. The minimum absolute atomic E-state index is 0.0764. The number of carbonyl (C=O) groups excluding carboxylic acids is 1. The standard InChI is InChI=1S/C29H34ClN3O2/c1-5-32(6-2)19-18-29(23-12-8-7-9-13-23)25-14-10-11-15-26(25)33(28(29)34)31(3)21-22-16-17-24(30)20-27(22)35-4/h7-17,20H,5-6,18-19,21H2,1-4H3. The van der Waals surface area contributed by atoms with E-state index >= 15 is 0 Å². The van der Waals surface area contributed by atoms with Crippen LogP contribution in [0.3, 0.4) is 0 Å². The van der Waals surface area contributed by atoms with Crippen molar-refractivity contribution in [1.82, 2.24) is 9.91 Å². The highest BCUT2D eigenvalue weighted by Gasteiger charge is 2.53. The number of amides is 1. The van der Waals surface area contributed by atoms with Crippen LogP contribution in [0.25, 0.3) is 0 Å². The van der Waals surface area contributed by atoms with Crippen molar-refractivity contribution >= 4 is 23.2 Å². The second-order valence-electron chi connectivity index (χ2n) is 8.95. The maximum absolute atomic E-state index is 14.5. The van der Waals surface area contributed by atoms with Crippen molar-refractivity contribution in [1.29, 1.82) is 0 Å². The lowest BCUT2D eigenvalue weighted by atomic mass is 9.72. The predicted molar refractivity (Wildman–Crippen MR) is 143 cm³/mol. The Bertz CT molecular complexity index is 1170. The van der Waals surface area contributed by atoms with Crippen molar-refractivity contribution in [3.05, 3.63) is 94.5 Å². The largest absolute Gasteiger partial charge is 0.496 e. The van der Waals surface area contributed by atoms with Gasteiger partial charge in [0.1, 0.15) is 11.2 Å². The molecule has 1 amide bonds. The van der Waals surface area contributed by atoms with E-state index in [1.165, 1.54) is 0 Å². The second-order valence-corrected chi connectivity index (χ2v) is 9.39. The maximum atomic E-state index is 14.5. The van der Waals surface area contributed by atoms with Crippen LogP contribution >= 0.6 is 11.6 Å². The van der Waals surface area contributed by atoms with Gasteiger partial charge in [0.2, 0.25) is 0 Å². The second kappa shape index (κ2) is 10.8. The molecule has 3 aromatic carbocycles. The number of carbonyl (C=O) groups is 1. The van der Waals surface area contributed by atoms with Gasteiger partial charge in [-0.05, 0) is 55.4 Å². The number of ether oxygens (including phenoxy) is 1. The van der Waals surface area contributed by atoms with E-state index in [1.807, 2.05) is 71.7 Å². The zero-order valence-electron chi connectivity index (χ0n) is 21.0. The van der Waals surface area contributed by atoms with Gasteiger partial charge < -0.3 is 9.64 Å². The molecule has 0 aliphatic carbocycles. The smallest absolute Gasteiger partial charge is 0.256 e. The molecule has 0 bridgehead atoms. The van der Waals surface area contributed by atoms with Gasteiger partial charge in [-0.25, -0.2) is 10.0 Å². The molecule has 184 valence electrons. The van der Waals surface area contributed by atoms with Crippen molar-refractivity contribution in [2.75, 3.05) is 38.8 Å². The van der Waals surface area contributed by atoms with E-state index in [0.717, 1.165) is 42.0 Å². The third-order valence-electron chi connectivity index (χ3n) is 7.10. The van der Waals surface area contributed by atoms with Crippen LogP contribution in [0.2, 0.25) is 5.02 Å². The third-order valence-corrected chi connectivity index (χ3v) is 7.34. The number of hydrogen-bond acceptors (Lipinski definition) is 4. The summed E-state index contributed by atoms with van der Waals surface area (Å²) in [4.78, 5) is 16.9. The highest BCUT2D eigenvalue weighted by molar-refractivity contribution is 6.30. The van der Waals surface area contributed by atoms with Gasteiger partial charge in [-0.1, -0.05) is 80.0 Å². The summed E-state index contributed by atoms with van der Waals surface area (Å²) in [5.41, 5.74) is 3.22. The summed E-state index contributed by atoms with van der Waals surface area (Å²) in [6.07, 6.45) is 0.711. The van der Waals surface area contributed by atoms with Gasteiger partial charge in [-0.15, -0.1) is 0 Å². The summed E-state index contributed by atoms with van der Waals surface area (Å²) in [7, 11) is 3.59. The summed E-state index contributed by atoms with van der Waals surface area (Å²) in [6, 6.07) is 24.0. The Labute approximate surface area is 213 Å². The number of rotatable bonds is 10. The molecule has 1 heterocycles. The first-order chi connectivity index (χ1) is 17.0. The van der Waals surface area contributed by atoms with Gasteiger partial charge in [0.25, 0.3) is 5.91 Å². The van der Waals surface area contributed by atoms with E-state index in [1.54, 1.807) is 7.11 Å². The monoisotopic (exact) mass is 491 g/mol. The topological polar surface area (TPSA) is 36.0 Å². The first-order valence-electron chi connectivity index (χ1n) is 12.2. The molecule has 0 spiro atoms. The van der Waals surface area contributed by atoms with Gasteiger partial charge in [0.15, 0.2) is 0 Å². The molecule has 3 aromatic rings. The van der Waals surface area contributed by atoms with Gasteiger partial charge in [0.05, 0.1) is 12.8 Å². The van der Waals surface area contributed by atoms with Crippen molar-refractivity contribution in [3.63, 3.8) is 0 Å². The Hall–Kier alpha value is -2.86. The van der Waals surface area contributed by atoms with Crippen LogP contribution in [-0.4, -0.2) is 49.6 Å². The van der Waals surface area contributed by atoms with Crippen LogP contribution < -0.4 is 9.75 Å². The summed E-state index contributed by atoms with van der Waals surface area (Å²) in [6.45, 7) is 7.59. The lowest BCUT2D eigenvalue weighted by Gasteiger charge is -2.34. The Morgan fingerprint density at radius 1 is 0.971 bits per heavy atom. The van der Waals surface area contributed by atoms with Crippen molar-refractivity contribution < 1.29 is 9.53 Å². The number of hydrazine groups is 1. The van der Waals surface area contributed by atoms with Crippen LogP contribution in [0.15, 0.2) is 72.8 Å². The quantitative estimate of drug-likeness (QED) is 0.361. The number of nitrogens with zero attached hydrogens (tertiary/aromatic N) is 3. The average molecular weight is 492 g/mol. The normalized spacial score (nSPS) is 17.3. The Morgan fingerprint density at radius 3 is 2.34 bits per heavy atom. The maximum Gasteiger partial charge on any atom is 0.256 e. The molecule has 0 fully saturated rings. The van der Waals surface area contributed by atoms with E-state index in [2.05, 4.69) is 36.9 Å². The molecule has 6 heteroatoms. The van der Waals surface area contributed by atoms with E-state index in [0.29, 0.717) is 23.7 Å². The highest BCUT2D eigenvalue weighted by atomic mass is 35.5. The zero-order chi connectivity index (χ0) is 25.0. The van der Waals surface area contributed by atoms with Crippen LogP contribution in [0.1, 0.15) is 37.0 Å². The minimum Gasteiger partial charge on any atom is -0.496 e. The lowest BCUT2D eigenvalue weighted by molar-refractivity contribution is -0.125. The molecule has 5 nitrogen and oxygen atoms in total. The fourth-order valence-corrected chi connectivity index (χ4v) is 5.35. The predicted octanol–water partition coefficient (Wildman–Crippen LogP) is 5.76. The summed E-state index contributed by atoms with van der Waals surface area (Å²) < 4.78 is 5.57. The molecule has 4 rings (SSSR count). The molecular formula is C29H34ClN3O2. The SMILES string of the molecule is CCN(CC)CCC1(c2ccccc2)C(=O)N(N(C)Cc2ccc(Cl)cc2OC)c2ccccc21. The first-order valence-corrected chi connectivity index (χ1v) is 12.6. The molecule has 0 aromatic heterocycles. The number of fused-ring (bicyclic) bond motifs is 1. The molecule has 1 unspecified atom stereocenters. The number of anilines is 1. The van der Waals surface area contributed by atoms with Crippen molar-refractivity contribution in [2.45, 2.75) is 32.2 Å². The fourth-order valence-electron chi connectivity index (χ4n) is 5.18. The molecule has 1 aliphatic rings. The third kappa shape index (κ3) is 4.68. The number of para-hydroxylation sites is 1. The number of hydrogen-bond donors (Lipinski definition) is 0. The summed E-state index contributed by atoms with van der Waals surface area (Å²) in [5.74, 6) is 0.785. The van der Waals surface area contributed by atoms with Crippen LogP contribution in [-0.2, 0) is 16.8 Å². The molecule has 1 atom stereocenters. The molecule has 35 heavy (non-hydrogen) atoms. The van der Waals surface area contributed by atoms with Gasteiger partial charge in [0, 0.05) is 24.2 Å². The van der Waals surface area contributed by atoms with E-state index in [9.17, 15) is 4.79 Å².